The average molecular weight is 280 g/mol. The number of nitrogens with zero attached hydrogens (tertiary/aromatic N) is 3. The summed E-state index contributed by atoms with van der Waals surface area (Å²) in [4.78, 5) is 6.82. The lowest BCUT2D eigenvalue weighted by atomic mass is 9.98. The quantitative estimate of drug-likeness (QED) is 0.730. The van der Waals surface area contributed by atoms with Crippen LogP contribution in [0.5, 0.6) is 0 Å². The van der Waals surface area contributed by atoms with Gasteiger partial charge in [-0.15, -0.1) is 0 Å². The summed E-state index contributed by atoms with van der Waals surface area (Å²) < 4.78 is 7.30. The van der Waals surface area contributed by atoms with E-state index in [1.165, 1.54) is 31.6 Å². The number of hydrogen-bond acceptors (Lipinski definition) is 4. The fourth-order valence-corrected chi connectivity index (χ4v) is 2.94. The number of methoxy groups -OCH3 is 1. The maximum Gasteiger partial charge on any atom is 0.0948 e. The Balaban J connectivity index is 1.75. The molecule has 2 rings (SSSR count). The molecule has 0 spiro atoms. The van der Waals surface area contributed by atoms with Gasteiger partial charge < -0.3 is 14.6 Å². The van der Waals surface area contributed by atoms with Crippen LogP contribution in [0.15, 0.2) is 12.5 Å². The van der Waals surface area contributed by atoms with Gasteiger partial charge in [-0.2, -0.15) is 0 Å². The number of imidazole rings is 1. The van der Waals surface area contributed by atoms with Crippen LogP contribution in [-0.4, -0.2) is 54.3 Å². The van der Waals surface area contributed by atoms with Gasteiger partial charge in [-0.3, -0.25) is 4.90 Å². The van der Waals surface area contributed by atoms with Crippen molar-refractivity contribution in [1.82, 2.24) is 19.8 Å². The summed E-state index contributed by atoms with van der Waals surface area (Å²) in [6, 6.07) is 0. The predicted octanol–water partition coefficient (Wildman–Crippen LogP) is 1.35. The largest absolute Gasteiger partial charge is 0.383 e. The second-order valence-electron chi connectivity index (χ2n) is 5.61. The smallest absolute Gasteiger partial charge is 0.0948 e. The van der Waals surface area contributed by atoms with Gasteiger partial charge in [0.2, 0.25) is 0 Å². The molecule has 1 fully saturated rings. The van der Waals surface area contributed by atoms with Gasteiger partial charge in [0.1, 0.15) is 0 Å². The fraction of sp³-hybridized carbons (Fsp3) is 0.800. The lowest BCUT2D eigenvalue weighted by Gasteiger charge is -2.33. The molecule has 1 aromatic rings. The first kappa shape index (κ1) is 15.5. The number of nitrogens with one attached hydrogen (secondary N) is 1. The number of ether oxygens (including phenoxy) is 1. The van der Waals surface area contributed by atoms with E-state index in [1.807, 2.05) is 12.5 Å². The Hall–Kier alpha value is -0.910. The Bertz CT molecular complexity index is 380. The van der Waals surface area contributed by atoms with Crippen molar-refractivity contribution in [2.75, 3.05) is 39.9 Å². The van der Waals surface area contributed by atoms with Crippen LogP contribution in [0.2, 0.25) is 0 Å². The minimum Gasteiger partial charge on any atom is -0.383 e. The summed E-state index contributed by atoms with van der Waals surface area (Å²) in [5.41, 5.74) is 1.33. The van der Waals surface area contributed by atoms with Gasteiger partial charge in [-0.25, -0.2) is 4.98 Å². The zero-order chi connectivity index (χ0) is 14.2. The Kier molecular flexibility index (Phi) is 6.50. The first-order valence-electron chi connectivity index (χ1n) is 7.74. The van der Waals surface area contributed by atoms with E-state index in [2.05, 4.69) is 26.7 Å². The highest BCUT2D eigenvalue weighted by Gasteiger charge is 2.20. The molecule has 0 saturated carbocycles. The second-order valence-corrected chi connectivity index (χ2v) is 5.61. The molecule has 0 aromatic carbocycles. The summed E-state index contributed by atoms with van der Waals surface area (Å²) >= 11 is 0. The molecule has 2 heterocycles. The average Bonchev–Trinajstić information content (AvgIpc) is 2.91. The third-order valence-corrected chi connectivity index (χ3v) is 4.04. The highest BCUT2D eigenvalue weighted by molar-refractivity contribution is 4.98. The van der Waals surface area contributed by atoms with E-state index < -0.39 is 0 Å². The molecule has 1 aliphatic rings. The van der Waals surface area contributed by atoms with Crippen LogP contribution in [0.1, 0.15) is 25.5 Å². The first-order chi connectivity index (χ1) is 9.83. The number of likely N-dealkylation sites (tertiary alicyclic amines) is 1. The van der Waals surface area contributed by atoms with Crippen LogP contribution >= 0.6 is 0 Å². The summed E-state index contributed by atoms with van der Waals surface area (Å²) in [6.45, 7) is 9.46. The summed E-state index contributed by atoms with van der Waals surface area (Å²) in [7, 11) is 1.75. The van der Waals surface area contributed by atoms with E-state index in [1.54, 1.807) is 7.11 Å². The minimum atomic E-state index is 0.763. The SMILES string of the molecule is CCn1cncc1CN1CCCC(CNCCOC)C1. The highest BCUT2D eigenvalue weighted by atomic mass is 16.5. The molecule has 20 heavy (non-hydrogen) atoms. The normalized spacial score (nSPS) is 20.4. The van der Waals surface area contributed by atoms with E-state index in [9.17, 15) is 0 Å². The van der Waals surface area contributed by atoms with E-state index in [4.69, 9.17) is 4.74 Å². The molecule has 5 heteroatoms. The van der Waals surface area contributed by atoms with E-state index >= 15 is 0 Å². The van der Waals surface area contributed by atoms with Crippen molar-refractivity contribution in [3.8, 4) is 0 Å². The Morgan fingerprint density at radius 2 is 2.40 bits per heavy atom. The number of piperidine rings is 1. The van der Waals surface area contributed by atoms with E-state index in [-0.39, 0.29) is 0 Å². The summed E-state index contributed by atoms with van der Waals surface area (Å²) in [6.07, 6.45) is 6.58. The van der Waals surface area contributed by atoms with Gasteiger partial charge in [0.25, 0.3) is 0 Å². The maximum atomic E-state index is 5.07. The van der Waals surface area contributed by atoms with Crippen LogP contribution in [-0.2, 0) is 17.8 Å². The first-order valence-corrected chi connectivity index (χ1v) is 7.74. The van der Waals surface area contributed by atoms with Gasteiger partial charge >= 0.3 is 0 Å². The van der Waals surface area contributed by atoms with Crippen molar-refractivity contribution in [1.29, 1.82) is 0 Å². The Morgan fingerprint density at radius 3 is 3.20 bits per heavy atom. The van der Waals surface area contributed by atoms with Crippen LogP contribution in [0, 0.1) is 5.92 Å². The van der Waals surface area contributed by atoms with Crippen LogP contribution in [0.4, 0.5) is 0 Å². The molecule has 0 amide bonds. The van der Waals surface area contributed by atoms with Crippen molar-refractivity contribution in [3.63, 3.8) is 0 Å². The fourth-order valence-electron chi connectivity index (χ4n) is 2.94. The second kappa shape index (κ2) is 8.39. The van der Waals surface area contributed by atoms with Gasteiger partial charge in [0, 0.05) is 39.5 Å². The molecule has 1 unspecified atom stereocenters. The number of rotatable bonds is 8. The molecule has 1 aromatic heterocycles. The van der Waals surface area contributed by atoms with Crippen molar-refractivity contribution in [3.05, 3.63) is 18.2 Å². The third-order valence-electron chi connectivity index (χ3n) is 4.04. The summed E-state index contributed by atoms with van der Waals surface area (Å²) in [5, 5.41) is 3.49. The van der Waals surface area contributed by atoms with E-state index in [0.29, 0.717) is 0 Å². The van der Waals surface area contributed by atoms with Crippen molar-refractivity contribution in [2.24, 2.45) is 5.92 Å². The van der Waals surface area contributed by atoms with Crippen molar-refractivity contribution < 1.29 is 4.74 Å². The highest BCUT2D eigenvalue weighted by Crippen LogP contribution is 2.18. The molecule has 0 bridgehead atoms. The summed E-state index contributed by atoms with van der Waals surface area (Å²) in [5.74, 6) is 0.763. The van der Waals surface area contributed by atoms with Gasteiger partial charge in [-0.05, 0) is 38.8 Å². The lowest BCUT2D eigenvalue weighted by molar-refractivity contribution is 0.156. The number of hydrogen-bond donors (Lipinski definition) is 1. The molecular weight excluding hydrogens is 252 g/mol. The predicted molar refractivity (Wildman–Crippen MR) is 80.6 cm³/mol. The topological polar surface area (TPSA) is 42.3 Å². The zero-order valence-corrected chi connectivity index (χ0v) is 12.8. The van der Waals surface area contributed by atoms with Crippen molar-refractivity contribution >= 4 is 0 Å². The third kappa shape index (κ3) is 4.58. The molecular formula is C15H28N4O. The number of aryl methyl sites for hydroxylation is 1. The van der Waals surface area contributed by atoms with Crippen molar-refractivity contribution in [2.45, 2.75) is 32.9 Å². The molecule has 0 radical (unpaired) electrons. The molecule has 5 nitrogen and oxygen atoms in total. The molecule has 1 atom stereocenters. The number of aromatic nitrogens is 2. The standard InChI is InChI=1S/C15H28N4O/c1-3-19-13-17-10-15(19)12-18-7-4-5-14(11-18)9-16-6-8-20-2/h10,13-14,16H,3-9,11-12H2,1-2H3. The lowest BCUT2D eigenvalue weighted by Crippen LogP contribution is -2.40. The minimum absolute atomic E-state index is 0.763. The Labute approximate surface area is 122 Å². The zero-order valence-electron chi connectivity index (χ0n) is 12.8. The van der Waals surface area contributed by atoms with Crippen LogP contribution in [0.25, 0.3) is 0 Å². The Morgan fingerprint density at radius 1 is 1.50 bits per heavy atom. The van der Waals surface area contributed by atoms with Gasteiger partial charge in [0.15, 0.2) is 0 Å². The van der Waals surface area contributed by atoms with Crippen LogP contribution in [0.3, 0.4) is 0 Å². The van der Waals surface area contributed by atoms with Gasteiger partial charge in [0.05, 0.1) is 18.6 Å². The van der Waals surface area contributed by atoms with Crippen LogP contribution < -0.4 is 5.32 Å². The molecule has 0 aliphatic carbocycles. The van der Waals surface area contributed by atoms with E-state index in [0.717, 1.165) is 38.7 Å². The molecule has 1 aliphatic heterocycles. The molecule has 1 N–H and O–H groups in total. The van der Waals surface area contributed by atoms with Gasteiger partial charge in [-0.1, -0.05) is 0 Å². The molecule has 114 valence electrons. The maximum absolute atomic E-state index is 5.07. The molecule has 1 saturated heterocycles. The monoisotopic (exact) mass is 280 g/mol.